The van der Waals surface area contributed by atoms with Gasteiger partial charge in [0.2, 0.25) is 0 Å². The summed E-state index contributed by atoms with van der Waals surface area (Å²) in [7, 11) is 0.595. The van der Waals surface area contributed by atoms with Crippen molar-refractivity contribution in [2.75, 3.05) is 7.11 Å². The number of hydrogen-bond donors (Lipinski definition) is 0. The molecule has 108 valence electrons. The van der Waals surface area contributed by atoms with Crippen molar-refractivity contribution in [2.45, 2.75) is 64.3 Å². The minimum atomic E-state index is -1.20. The lowest BCUT2D eigenvalue weighted by Crippen LogP contribution is -2.52. The van der Waals surface area contributed by atoms with E-state index < -0.39 is 8.07 Å². The Morgan fingerprint density at radius 1 is 1.32 bits per heavy atom. The van der Waals surface area contributed by atoms with Gasteiger partial charge in [0.15, 0.2) is 0 Å². The van der Waals surface area contributed by atoms with Gasteiger partial charge in [-0.25, -0.2) is 0 Å². The average Bonchev–Trinajstić information content (AvgIpc) is 2.37. The van der Waals surface area contributed by atoms with E-state index in [0.29, 0.717) is 11.7 Å². The van der Waals surface area contributed by atoms with E-state index in [-0.39, 0.29) is 11.5 Å². The molecule has 0 saturated heterocycles. The summed E-state index contributed by atoms with van der Waals surface area (Å²) in [6, 6.07) is 0. The van der Waals surface area contributed by atoms with E-state index in [9.17, 15) is 4.79 Å². The van der Waals surface area contributed by atoms with E-state index in [1.165, 1.54) is 12.8 Å². The van der Waals surface area contributed by atoms with E-state index in [1.54, 1.807) is 7.11 Å². The fourth-order valence-corrected chi connectivity index (χ4v) is 4.48. The SMILES string of the molecule is CO[C@H](/C=C/[Si](C)(C)C)[C@H]1CCCC[C@@]12CCC2=O. The van der Waals surface area contributed by atoms with Crippen LogP contribution in [0.4, 0.5) is 0 Å². The van der Waals surface area contributed by atoms with Gasteiger partial charge in [0, 0.05) is 24.9 Å². The zero-order valence-electron chi connectivity index (χ0n) is 12.9. The van der Waals surface area contributed by atoms with Crippen molar-refractivity contribution < 1.29 is 9.53 Å². The van der Waals surface area contributed by atoms with Crippen molar-refractivity contribution in [3.8, 4) is 0 Å². The van der Waals surface area contributed by atoms with Crippen LogP contribution >= 0.6 is 0 Å². The number of ether oxygens (including phenoxy) is 1. The van der Waals surface area contributed by atoms with Crippen molar-refractivity contribution in [3.63, 3.8) is 0 Å². The maximum absolute atomic E-state index is 12.2. The van der Waals surface area contributed by atoms with Crippen LogP contribution in [0, 0.1) is 11.3 Å². The molecule has 0 bridgehead atoms. The van der Waals surface area contributed by atoms with Crippen molar-refractivity contribution >= 4 is 13.9 Å². The third-order valence-corrected chi connectivity index (χ3v) is 6.10. The molecule has 2 rings (SSSR count). The van der Waals surface area contributed by atoms with Gasteiger partial charge >= 0.3 is 0 Å². The van der Waals surface area contributed by atoms with Crippen molar-refractivity contribution in [1.29, 1.82) is 0 Å². The summed E-state index contributed by atoms with van der Waals surface area (Å²) in [4.78, 5) is 12.2. The van der Waals surface area contributed by atoms with Gasteiger partial charge in [-0.3, -0.25) is 4.79 Å². The zero-order valence-corrected chi connectivity index (χ0v) is 13.9. The molecule has 0 N–H and O–H groups in total. The molecule has 2 aliphatic carbocycles. The number of carbonyl (C=O) groups excluding carboxylic acids is 1. The molecule has 0 unspecified atom stereocenters. The van der Waals surface area contributed by atoms with Gasteiger partial charge in [-0.05, 0) is 19.3 Å². The minimum Gasteiger partial charge on any atom is -0.377 e. The normalized spacial score (nSPS) is 33.7. The van der Waals surface area contributed by atoms with Crippen LogP contribution in [0.5, 0.6) is 0 Å². The summed E-state index contributed by atoms with van der Waals surface area (Å²) in [6.07, 6.45) is 9.00. The van der Waals surface area contributed by atoms with Crippen LogP contribution in [0.15, 0.2) is 11.8 Å². The highest BCUT2D eigenvalue weighted by atomic mass is 28.3. The first-order chi connectivity index (χ1) is 8.89. The van der Waals surface area contributed by atoms with Crippen molar-refractivity contribution in [2.24, 2.45) is 11.3 Å². The molecule has 0 aromatic rings. The number of methoxy groups -OCH3 is 1. The van der Waals surface area contributed by atoms with Gasteiger partial charge in [0.25, 0.3) is 0 Å². The first-order valence-corrected chi connectivity index (χ1v) is 11.2. The van der Waals surface area contributed by atoms with Crippen LogP contribution in [0.2, 0.25) is 19.6 Å². The van der Waals surface area contributed by atoms with Crippen LogP contribution in [-0.2, 0) is 9.53 Å². The second-order valence-electron chi connectivity index (χ2n) is 7.36. The molecule has 0 radical (unpaired) electrons. The zero-order chi connectivity index (χ0) is 14.1. The molecule has 3 heteroatoms. The highest BCUT2D eigenvalue weighted by molar-refractivity contribution is 6.80. The van der Waals surface area contributed by atoms with Crippen LogP contribution in [-0.4, -0.2) is 27.1 Å². The Labute approximate surface area is 118 Å². The fourth-order valence-electron chi connectivity index (χ4n) is 3.71. The van der Waals surface area contributed by atoms with E-state index in [1.807, 2.05) is 0 Å². The van der Waals surface area contributed by atoms with Crippen LogP contribution < -0.4 is 0 Å². The van der Waals surface area contributed by atoms with E-state index >= 15 is 0 Å². The Balaban J connectivity index is 2.16. The lowest BCUT2D eigenvalue weighted by molar-refractivity contribution is -0.151. The fraction of sp³-hybridized carbons (Fsp3) is 0.812. The highest BCUT2D eigenvalue weighted by Crippen LogP contribution is 2.54. The van der Waals surface area contributed by atoms with Crippen LogP contribution in [0.3, 0.4) is 0 Å². The summed E-state index contributed by atoms with van der Waals surface area (Å²) in [5.41, 5.74) is 2.34. The standard InChI is InChI=1S/C16H28O2Si/c1-18-14(9-12-19(2,3)4)13-7-5-6-10-16(13)11-8-15(16)17/h9,12-14H,5-8,10-11H2,1-4H3/b12-9+/t13-,14-,16-/m1/s1. The highest BCUT2D eigenvalue weighted by Gasteiger charge is 2.54. The summed E-state index contributed by atoms with van der Waals surface area (Å²) in [5, 5.41) is 0. The third-order valence-electron chi connectivity index (χ3n) is 4.91. The minimum absolute atomic E-state index is 0.0251. The predicted octanol–water partition coefficient (Wildman–Crippen LogP) is 3.97. The molecule has 3 atom stereocenters. The summed E-state index contributed by atoms with van der Waals surface area (Å²) < 4.78 is 5.75. The maximum Gasteiger partial charge on any atom is 0.139 e. The Hall–Kier alpha value is -0.413. The Kier molecular flexibility index (Phi) is 4.36. The molecule has 0 aliphatic heterocycles. The quantitative estimate of drug-likeness (QED) is 0.728. The van der Waals surface area contributed by atoms with Gasteiger partial charge in [-0.1, -0.05) is 44.3 Å². The first-order valence-electron chi connectivity index (χ1n) is 7.64. The second kappa shape index (κ2) is 5.53. The van der Waals surface area contributed by atoms with E-state index in [2.05, 4.69) is 31.4 Å². The monoisotopic (exact) mass is 280 g/mol. The van der Waals surface area contributed by atoms with Gasteiger partial charge in [0.05, 0.1) is 14.2 Å². The van der Waals surface area contributed by atoms with Gasteiger partial charge in [-0.15, -0.1) is 0 Å². The second-order valence-corrected chi connectivity index (χ2v) is 12.4. The molecule has 2 saturated carbocycles. The first kappa shape index (κ1) is 15.0. The molecular formula is C16H28O2Si. The number of ketones is 1. The number of hydrogen-bond acceptors (Lipinski definition) is 2. The molecule has 2 fully saturated rings. The lowest BCUT2D eigenvalue weighted by Gasteiger charge is -2.51. The Bertz CT molecular complexity index is 369. The number of rotatable bonds is 4. The smallest absolute Gasteiger partial charge is 0.139 e. The molecule has 2 nitrogen and oxygen atoms in total. The number of carbonyl (C=O) groups is 1. The molecule has 0 aromatic heterocycles. The topological polar surface area (TPSA) is 26.3 Å². The van der Waals surface area contributed by atoms with Crippen molar-refractivity contribution in [3.05, 3.63) is 11.8 Å². The molecule has 0 amide bonds. The third kappa shape index (κ3) is 3.02. The molecule has 2 aliphatic rings. The largest absolute Gasteiger partial charge is 0.377 e. The van der Waals surface area contributed by atoms with Crippen molar-refractivity contribution in [1.82, 2.24) is 0 Å². The molecule has 0 heterocycles. The van der Waals surface area contributed by atoms with Crippen LogP contribution in [0.25, 0.3) is 0 Å². The molecule has 0 aromatic carbocycles. The predicted molar refractivity (Wildman–Crippen MR) is 81.9 cm³/mol. The molecule has 19 heavy (non-hydrogen) atoms. The molecule has 1 spiro atoms. The summed E-state index contributed by atoms with van der Waals surface area (Å²) >= 11 is 0. The van der Waals surface area contributed by atoms with Gasteiger partial charge in [-0.2, -0.15) is 0 Å². The average molecular weight is 280 g/mol. The summed E-state index contributed by atoms with van der Waals surface area (Å²) in [6.45, 7) is 7.00. The van der Waals surface area contributed by atoms with Crippen LogP contribution in [0.1, 0.15) is 38.5 Å². The van der Waals surface area contributed by atoms with E-state index in [4.69, 9.17) is 4.74 Å². The maximum atomic E-state index is 12.2. The van der Waals surface area contributed by atoms with Gasteiger partial charge < -0.3 is 4.74 Å². The van der Waals surface area contributed by atoms with E-state index in [0.717, 1.165) is 25.7 Å². The number of Topliss-reactive ketones (excluding diaryl/α,β-unsaturated/α-hetero) is 1. The Morgan fingerprint density at radius 3 is 2.53 bits per heavy atom. The summed E-state index contributed by atoms with van der Waals surface area (Å²) in [5.74, 6) is 0.917. The lowest BCUT2D eigenvalue weighted by atomic mass is 9.53. The van der Waals surface area contributed by atoms with Gasteiger partial charge in [0.1, 0.15) is 5.78 Å². The molecular weight excluding hydrogens is 252 g/mol. The Morgan fingerprint density at radius 2 is 2.05 bits per heavy atom.